The minimum atomic E-state index is -0.762. The summed E-state index contributed by atoms with van der Waals surface area (Å²) in [5, 5.41) is 22.3. The van der Waals surface area contributed by atoms with Gasteiger partial charge in [0.25, 0.3) is 0 Å². The summed E-state index contributed by atoms with van der Waals surface area (Å²) in [4.78, 5) is 0. The van der Waals surface area contributed by atoms with Crippen LogP contribution in [0.25, 0.3) is 0 Å². The lowest BCUT2D eigenvalue weighted by molar-refractivity contribution is -0.467. The van der Waals surface area contributed by atoms with Gasteiger partial charge in [0.15, 0.2) is 0 Å². The predicted molar refractivity (Wildman–Crippen MR) is 118 cm³/mol. The highest BCUT2D eigenvalue weighted by Gasteiger charge is 2.60. The average Bonchev–Trinajstić information content (AvgIpc) is 2.98. The summed E-state index contributed by atoms with van der Waals surface area (Å²) in [6.07, 6.45) is 15.0. The maximum absolute atomic E-state index is 12.0. The van der Waals surface area contributed by atoms with Gasteiger partial charge in [-0.05, 0) is 104 Å². The van der Waals surface area contributed by atoms with E-state index in [0.29, 0.717) is 10.8 Å². The summed E-state index contributed by atoms with van der Waals surface area (Å²) >= 11 is 0. The van der Waals surface area contributed by atoms with Crippen LogP contribution in [0.5, 0.6) is 0 Å². The Kier molecular flexibility index (Phi) is 5.95. The Labute approximate surface area is 180 Å². The lowest BCUT2D eigenvalue weighted by Gasteiger charge is -2.61. The minimum absolute atomic E-state index is 0.0331. The molecule has 0 aromatic carbocycles. The monoisotopic (exact) mass is 403 g/mol. The van der Waals surface area contributed by atoms with Crippen LogP contribution in [-0.4, -0.2) is 16.8 Å². The molecule has 4 fully saturated rings. The van der Waals surface area contributed by atoms with Gasteiger partial charge in [0.05, 0.1) is 6.10 Å². The molecule has 0 unspecified atom stereocenters. The standard InChI is InChI=1S/C27H47O2/c1-18(7-6-14-25(2,3)29)22-10-11-23-21-9-8-19-17-20(28)12-15-26(19,4)24(21)13-16-27(22,23)5/h18-24,28H,6-17H2,1-5H3/q-1/t18-,19+,20+,21+,22-,23+,24+,26+,27-/m1/s1. The number of rotatable bonds is 5. The zero-order chi connectivity index (χ0) is 21.0. The highest BCUT2D eigenvalue weighted by Crippen LogP contribution is 2.68. The van der Waals surface area contributed by atoms with Crippen molar-refractivity contribution in [3.8, 4) is 0 Å². The molecular formula is C27H47O2-. The highest BCUT2D eigenvalue weighted by atomic mass is 16.3. The van der Waals surface area contributed by atoms with Gasteiger partial charge in [-0.1, -0.05) is 53.9 Å². The van der Waals surface area contributed by atoms with Crippen LogP contribution in [0.2, 0.25) is 0 Å². The van der Waals surface area contributed by atoms with Crippen LogP contribution in [-0.2, 0) is 0 Å². The van der Waals surface area contributed by atoms with Gasteiger partial charge in [-0.15, -0.1) is 5.60 Å². The SMILES string of the molecule is C[C@H](CCCC(C)(C)[O-])[C@H]1CC[C@H]2[C@@H]3CC[C@H]4C[C@@H](O)CC[C@]4(C)[C@H]3CC[C@]12C. The number of fused-ring (bicyclic) bond motifs is 5. The summed E-state index contributed by atoms with van der Waals surface area (Å²) in [5.41, 5.74) is 0.263. The van der Waals surface area contributed by atoms with E-state index in [0.717, 1.165) is 61.2 Å². The molecule has 4 aliphatic rings. The van der Waals surface area contributed by atoms with Crippen LogP contribution in [0.4, 0.5) is 0 Å². The van der Waals surface area contributed by atoms with Gasteiger partial charge in [0, 0.05) is 0 Å². The van der Waals surface area contributed by atoms with E-state index in [2.05, 4.69) is 20.8 Å². The van der Waals surface area contributed by atoms with Crippen molar-refractivity contribution in [2.75, 3.05) is 0 Å². The Morgan fingerprint density at radius 2 is 1.66 bits per heavy atom. The number of aliphatic hydroxyl groups is 1. The highest BCUT2D eigenvalue weighted by molar-refractivity contribution is 5.09. The molecule has 0 radical (unpaired) electrons. The first kappa shape index (κ1) is 22.1. The Hall–Kier alpha value is -0.0800. The number of hydrogen-bond donors (Lipinski definition) is 1. The predicted octanol–water partition coefficient (Wildman–Crippen LogP) is 5.95. The van der Waals surface area contributed by atoms with Crippen molar-refractivity contribution in [1.82, 2.24) is 0 Å². The van der Waals surface area contributed by atoms with Crippen molar-refractivity contribution < 1.29 is 10.2 Å². The quantitative estimate of drug-likeness (QED) is 0.616. The summed E-state index contributed by atoms with van der Waals surface area (Å²) in [7, 11) is 0. The van der Waals surface area contributed by atoms with Crippen molar-refractivity contribution >= 4 is 0 Å². The van der Waals surface area contributed by atoms with Crippen LogP contribution < -0.4 is 5.11 Å². The van der Waals surface area contributed by atoms with Gasteiger partial charge in [-0.3, -0.25) is 0 Å². The molecule has 1 N–H and O–H groups in total. The van der Waals surface area contributed by atoms with E-state index in [9.17, 15) is 10.2 Å². The van der Waals surface area contributed by atoms with E-state index in [1.165, 1.54) is 51.4 Å². The van der Waals surface area contributed by atoms with Crippen molar-refractivity contribution in [3.63, 3.8) is 0 Å². The third kappa shape index (κ3) is 3.95. The maximum atomic E-state index is 12.0. The van der Waals surface area contributed by atoms with E-state index in [1.807, 2.05) is 13.8 Å². The number of aliphatic hydroxyl groups excluding tert-OH is 1. The largest absolute Gasteiger partial charge is 0.850 e. The van der Waals surface area contributed by atoms with Crippen LogP contribution in [0.15, 0.2) is 0 Å². The van der Waals surface area contributed by atoms with Crippen molar-refractivity contribution in [1.29, 1.82) is 0 Å². The van der Waals surface area contributed by atoms with E-state index in [-0.39, 0.29) is 6.10 Å². The van der Waals surface area contributed by atoms with Gasteiger partial charge in [0.2, 0.25) is 0 Å². The molecule has 2 heteroatoms. The summed E-state index contributed by atoms with van der Waals surface area (Å²) in [6.45, 7) is 11.4. The van der Waals surface area contributed by atoms with Crippen LogP contribution in [0, 0.1) is 46.3 Å². The summed E-state index contributed by atoms with van der Waals surface area (Å²) < 4.78 is 0. The smallest absolute Gasteiger partial charge is 0.0543 e. The molecule has 0 amide bonds. The van der Waals surface area contributed by atoms with Gasteiger partial charge in [-0.2, -0.15) is 0 Å². The molecule has 0 spiro atoms. The van der Waals surface area contributed by atoms with Crippen molar-refractivity contribution in [2.24, 2.45) is 46.3 Å². The maximum Gasteiger partial charge on any atom is 0.0543 e. The Morgan fingerprint density at radius 3 is 2.38 bits per heavy atom. The molecule has 4 saturated carbocycles. The topological polar surface area (TPSA) is 43.3 Å². The zero-order valence-corrected chi connectivity index (χ0v) is 19.9. The Bertz CT molecular complexity index is 580. The normalized spacial score (nSPS) is 48.5. The average molecular weight is 404 g/mol. The molecule has 2 nitrogen and oxygen atoms in total. The molecule has 0 saturated heterocycles. The summed E-state index contributed by atoms with van der Waals surface area (Å²) in [6, 6.07) is 0. The molecule has 0 aromatic heterocycles. The lowest BCUT2D eigenvalue weighted by Crippen LogP contribution is -2.54. The van der Waals surface area contributed by atoms with Gasteiger partial charge in [-0.25, -0.2) is 0 Å². The number of hydrogen-bond acceptors (Lipinski definition) is 2. The fourth-order valence-electron chi connectivity index (χ4n) is 9.26. The van der Waals surface area contributed by atoms with Gasteiger partial charge < -0.3 is 10.2 Å². The van der Waals surface area contributed by atoms with Crippen LogP contribution in [0.1, 0.15) is 112 Å². The molecule has 4 aliphatic carbocycles. The first-order valence-electron chi connectivity index (χ1n) is 12.9. The van der Waals surface area contributed by atoms with Gasteiger partial charge >= 0.3 is 0 Å². The zero-order valence-electron chi connectivity index (χ0n) is 19.9. The molecule has 0 heterocycles. The second-order valence-corrected chi connectivity index (χ2v) is 12.9. The lowest BCUT2D eigenvalue weighted by atomic mass is 9.44. The first-order valence-corrected chi connectivity index (χ1v) is 12.9. The minimum Gasteiger partial charge on any atom is -0.850 e. The Balaban J connectivity index is 1.44. The Morgan fingerprint density at radius 1 is 0.966 bits per heavy atom. The molecule has 168 valence electrons. The molecular weight excluding hydrogens is 356 g/mol. The second kappa shape index (κ2) is 7.80. The fourth-order valence-corrected chi connectivity index (χ4v) is 9.26. The van der Waals surface area contributed by atoms with Crippen LogP contribution >= 0.6 is 0 Å². The third-order valence-corrected chi connectivity index (χ3v) is 10.8. The second-order valence-electron chi connectivity index (χ2n) is 12.9. The summed E-state index contributed by atoms with van der Waals surface area (Å²) in [5.74, 6) is 5.16. The molecule has 0 bridgehead atoms. The van der Waals surface area contributed by atoms with E-state index in [4.69, 9.17) is 0 Å². The van der Waals surface area contributed by atoms with Crippen LogP contribution in [0.3, 0.4) is 0 Å². The molecule has 0 aliphatic heterocycles. The molecule has 0 aromatic rings. The van der Waals surface area contributed by atoms with Gasteiger partial charge in [0.1, 0.15) is 0 Å². The molecule has 4 rings (SSSR count). The van der Waals surface area contributed by atoms with E-state index >= 15 is 0 Å². The van der Waals surface area contributed by atoms with E-state index in [1.54, 1.807) is 0 Å². The molecule has 9 atom stereocenters. The third-order valence-electron chi connectivity index (χ3n) is 10.8. The van der Waals surface area contributed by atoms with Crippen molar-refractivity contribution in [3.05, 3.63) is 0 Å². The first-order chi connectivity index (χ1) is 13.5. The van der Waals surface area contributed by atoms with Crippen molar-refractivity contribution in [2.45, 2.75) is 123 Å². The van der Waals surface area contributed by atoms with E-state index < -0.39 is 5.60 Å². The fraction of sp³-hybridized carbons (Fsp3) is 1.00. The molecule has 29 heavy (non-hydrogen) atoms.